The number of benzene rings is 1. The Morgan fingerprint density at radius 1 is 1.12 bits per heavy atom. The molecule has 0 aromatic heterocycles. The Hall–Kier alpha value is -1.99. The standard InChI is InChI=1S/C8H9BF3N4/c10-9(11,12)7-3-1-6(2-4-7)5-15-16-8(13)14/h1-5H,(H4,13,14,16)/q-1. The van der Waals surface area contributed by atoms with E-state index in [1.807, 2.05) is 0 Å². The van der Waals surface area contributed by atoms with Gasteiger partial charge in [0.15, 0.2) is 0 Å². The summed E-state index contributed by atoms with van der Waals surface area (Å²) in [5, 5.41) is 6.78. The van der Waals surface area contributed by atoms with Crippen LogP contribution >= 0.6 is 0 Å². The summed E-state index contributed by atoms with van der Waals surface area (Å²) in [6, 6.07) is 4.54. The Bertz CT molecular complexity index is 406. The summed E-state index contributed by atoms with van der Waals surface area (Å²) in [5.41, 5.74) is 9.84. The highest BCUT2D eigenvalue weighted by Gasteiger charge is 2.24. The maximum Gasteiger partial charge on any atom is 0.509 e. The van der Waals surface area contributed by atoms with Crippen molar-refractivity contribution in [1.82, 2.24) is 0 Å². The van der Waals surface area contributed by atoms with Crippen LogP contribution in [-0.2, 0) is 0 Å². The van der Waals surface area contributed by atoms with Gasteiger partial charge in [0.25, 0.3) is 0 Å². The molecule has 0 aliphatic rings. The van der Waals surface area contributed by atoms with Crippen LogP contribution in [0.15, 0.2) is 34.5 Å². The van der Waals surface area contributed by atoms with Crippen LogP contribution in [-0.4, -0.2) is 19.2 Å². The zero-order valence-corrected chi connectivity index (χ0v) is 8.15. The third-order valence-corrected chi connectivity index (χ3v) is 1.69. The fraction of sp³-hybridized carbons (Fsp3) is 0. The molecule has 16 heavy (non-hydrogen) atoms. The lowest BCUT2D eigenvalue weighted by Gasteiger charge is -2.14. The van der Waals surface area contributed by atoms with Crippen LogP contribution < -0.4 is 16.9 Å². The molecule has 0 aliphatic heterocycles. The van der Waals surface area contributed by atoms with Crippen molar-refractivity contribution in [2.75, 3.05) is 0 Å². The van der Waals surface area contributed by atoms with Gasteiger partial charge in [-0.1, -0.05) is 24.3 Å². The lowest BCUT2D eigenvalue weighted by molar-refractivity contribution is 0.501. The van der Waals surface area contributed by atoms with E-state index < -0.39 is 12.4 Å². The van der Waals surface area contributed by atoms with E-state index in [-0.39, 0.29) is 5.96 Å². The summed E-state index contributed by atoms with van der Waals surface area (Å²) < 4.78 is 36.8. The van der Waals surface area contributed by atoms with Crippen LogP contribution in [0.2, 0.25) is 0 Å². The highest BCUT2D eigenvalue weighted by atomic mass is 19.4. The normalized spacial score (nSPS) is 11.7. The molecule has 0 aliphatic carbocycles. The molecule has 86 valence electrons. The molecule has 0 unspecified atom stereocenters. The van der Waals surface area contributed by atoms with E-state index in [1.54, 1.807) is 0 Å². The van der Waals surface area contributed by atoms with Crippen molar-refractivity contribution in [3.8, 4) is 0 Å². The molecule has 0 saturated heterocycles. The average molecular weight is 229 g/mol. The van der Waals surface area contributed by atoms with Crippen molar-refractivity contribution >= 4 is 24.6 Å². The van der Waals surface area contributed by atoms with Crippen molar-refractivity contribution < 1.29 is 12.9 Å². The van der Waals surface area contributed by atoms with Crippen LogP contribution in [0.4, 0.5) is 12.9 Å². The fourth-order valence-corrected chi connectivity index (χ4v) is 0.962. The topological polar surface area (TPSA) is 76.8 Å². The summed E-state index contributed by atoms with van der Waals surface area (Å²) >= 11 is 0. The summed E-state index contributed by atoms with van der Waals surface area (Å²) in [6.07, 6.45) is 1.26. The van der Waals surface area contributed by atoms with E-state index in [4.69, 9.17) is 11.5 Å². The largest absolute Gasteiger partial charge is 0.509 e. The summed E-state index contributed by atoms with van der Waals surface area (Å²) in [7, 11) is 0. The highest BCUT2D eigenvalue weighted by molar-refractivity contribution is 6.73. The molecule has 0 spiro atoms. The van der Waals surface area contributed by atoms with Crippen molar-refractivity contribution in [2.24, 2.45) is 21.7 Å². The minimum Gasteiger partial charge on any atom is -0.445 e. The molecule has 0 saturated carbocycles. The van der Waals surface area contributed by atoms with Gasteiger partial charge in [-0.3, -0.25) is 0 Å². The van der Waals surface area contributed by atoms with E-state index in [0.717, 1.165) is 12.1 Å². The molecule has 0 bridgehead atoms. The molecule has 0 radical (unpaired) electrons. The lowest BCUT2D eigenvalue weighted by atomic mass is 9.80. The monoisotopic (exact) mass is 229 g/mol. The van der Waals surface area contributed by atoms with Gasteiger partial charge in [-0.25, -0.2) is 0 Å². The van der Waals surface area contributed by atoms with Crippen molar-refractivity contribution in [3.05, 3.63) is 29.8 Å². The molecular weight excluding hydrogens is 220 g/mol. The molecule has 4 nitrogen and oxygen atoms in total. The predicted molar refractivity (Wildman–Crippen MR) is 58.6 cm³/mol. The Morgan fingerprint density at radius 2 is 1.69 bits per heavy atom. The molecule has 4 N–H and O–H groups in total. The number of nitrogens with zero attached hydrogens (tertiary/aromatic N) is 2. The van der Waals surface area contributed by atoms with Gasteiger partial charge in [0.05, 0.1) is 6.21 Å². The maximum absolute atomic E-state index is 12.3. The van der Waals surface area contributed by atoms with Crippen LogP contribution in [0, 0.1) is 0 Å². The van der Waals surface area contributed by atoms with Crippen LogP contribution in [0.3, 0.4) is 0 Å². The van der Waals surface area contributed by atoms with E-state index in [0.29, 0.717) is 5.56 Å². The number of nitrogens with two attached hydrogens (primary N) is 2. The molecule has 0 heterocycles. The minimum atomic E-state index is -4.96. The van der Waals surface area contributed by atoms with Crippen LogP contribution in [0.5, 0.6) is 0 Å². The molecule has 0 fully saturated rings. The van der Waals surface area contributed by atoms with Gasteiger partial charge in [0, 0.05) is 0 Å². The molecule has 1 aromatic carbocycles. The number of hydrogen-bond acceptors (Lipinski definition) is 2. The fourth-order valence-electron chi connectivity index (χ4n) is 0.962. The van der Waals surface area contributed by atoms with Crippen molar-refractivity contribution in [3.63, 3.8) is 0 Å². The SMILES string of the molecule is NC(N)=NN=Cc1ccc([B-](F)(F)F)cc1. The highest BCUT2D eigenvalue weighted by Crippen LogP contribution is 2.08. The third kappa shape index (κ3) is 3.64. The van der Waals surface area contributed by atoms with Gasteiger partial charge in [-0.05, 0) is 5.56 Å². The Balaban J connectivity index is 2.80. The van der Waals surface area contributed by atoms with Crippen molar-refractivity contribution in [1.29, 1.82) is 0 Å². The predicted octanol–water partition coefficient (Wildman–Crippen LogP) is 0.348. The second-order valence-corrected chi connectivity index (χ2v) is 3.01. The summed E-state index contributed by atoms with van der Waals surface area (Å²) in [4.78, 5) is 0. The number of hydrogen-bond donors (Lipinski definition) is 2. The van der Waals surface area contributed by atoms with E-state index in [1.165, 1.54) is 18.3 Å². The van der Waals surface area contributed by atoms with Crippen molar-refractivity contribution in [2.45, 2.75) is 0 Å². The smallest absolute Gasteiger partial charge is 0.445 e. The summed E-state index contributed by atoms with van der Waals surface area (Å²) in [5.74, 6) is -0.216. The first-order valence-electron chi connectivity index (χ1n) is 4.31. The lowest BCUT2D eigenvalue weighted by Crippen LogP contribution is -2.33. The molecule has 1 aromatic rings. The molecule has 1 rings (SSSR count). The number of halogens is 3. The van der Waals surface area contributed by atoms with Gasteiger partial charge >= 0.3 is 6.98 Å². The minimum absolute atomic E-state index is 0.216. The Kier molecular flexibility index (Phi) is 3.54. The summed E-state index contributed by atoms with van der Waals surface area (Å²) in [6.45, 7) is -4.96. The van der Waals surface area contributed by atoms with E-state index in [2.05, 4.69) is 10.2 Å². The molecule has 8 heteroatoms. The van der Waals surface area contributed by atoms with Gasteiger partial charge in [-0.2, -0.15) is 5.10 Å². The molecule has 0 atom stereocenters. The zero-order valence-electron chi connectivity index (χ0n) is 8.15. The Labute approximate surface area is 89.9 Å². The van der Waals surface area contributed by atoms with Crippen LogP contribution in [0.25, 0.3) is 0 Å². The van der Waals surface area contributed by atoms with Gasteiger partial charge < -0.3 is 24.4 Å². The molecular formula is C8H9BF3N4-. The third-order valence-electron chi connectivity index (χ3n) is 1.69. The zero-order chi connectivity index (χ0) is 12.2. The Morgan fingerprint density at radius 3 is 2.12 bits per heavy atom. The van der Waals surface area contributed by atoms with Crippen LogP contribution in [0.1, 0.15) is 5.56 Å². The second-order valence-electron chi connectivity index (χ2n) is 3.01. The maximum atomic E-state index is 12.3. The molecule has 0 amide bonds. The first-order valence-corrected chi connectivity index (χ1v) is 4.31. The van der Waals surface area contributed by atoms with Gasteiger partial charge in [-0.15, -0.1) is 10.6 Å². The second kappa shape index (κ2) is 4.69. The first-order chi connectivity index (χ1) is 7.39. The van der Waals surface area contributed by atoms with Gasteiger partial charge in [0.1, 0.15) is 0 Å². The quantitative estimate of drug-likeness (QED) is 0.339. The first kappa shape index (κ1) is 12.1. The van der Waals surface area contributed by atoms with E-state index in [9.17, 15) is 12.9 Å². The van der Waals surface area contributed by atoms with Gasteiger partial charge in [0.2, 0.25) is 5.96 Å². The van der Waals surface area contributed by atoms with E-state index >= 15 is 0 Å². The number of guanidine groups is 1. The average Bonchev–Trinajstić information content (AvgIpc) is 2.16. The number of rotatable bonds is 3.